The van der Waals surface area contributed by atoms with E-state index in [1.54, 1.807) is 16.9 Å². The summed E-state index contributed by atoms with van der Waals surface area (Å²) in [5, 5.41) is 12.6. The maximum absolute atomic E-state index is 13.3. The summed E-state index contributed by atoms with van der Waals surface area (Å²) >= 11 is 6.17. The van der Waals surface area contributed by atoms with Gasteiger partial charge in [-0.1, -0.05) is 50.6 Å². The molecule has 1 aromatic carbocycles. The van der Waals surface area contributed by atoms with Crippen LogP contribution in [0.5, 0.6) is 0 Å². The van der Waals surface area contributed by atoms with Crippen LogP contribution in [0.25, 0.3) is 0 Å². The highest BCUT2D eigenvalue weighted by atomic mass is 35.5. The van der Waals surface area contributed by atoms with Crippen molar-refractivity contribution in [1.82, 2.24) is 24.8 Å². The van der Waals surface area contributed by atoms with E-state index in [1.165, 1.54) is 12.1 Å². The standard InChI is InChI=1S/C17H14ClFN6O2.2C2H6/c18-17-16(6-20-25(17)10-27)23-4-3-15-14(8-23)21-22-24(15)7-11-1-2-13(19)5-12(11)9-26;2*1-2/h1-2,5-6,9-10H,3-4,7-8H2;2*1-2H3. The Kier molecular flexibility index (Phi) is 8.87. The fourth-order valence-electron chi connectivity index (χ4n) is 3.20. The first-order chi connectivity index (χ1) is 15.1. The molecule has 0 atom stereocenters. The average Bonchev–Trinajstić information content (AvgIpc) is 3.40. The predicted octanol–water partition coefficient (Wildman–Crippen LogP) is 3.78. The molecule has 166 valence electrons. The molecule has 0 fully saturated rings. The van der Waals surface area contributed by atoms with Crippen LogP contribution in [0.15, 0.2) is 24.4 Å². The van der Waals surface area contributed by atoms with Crippen LogP contribution in [0.4, 0.5) is 10.1 Å². The molecular weight excluding hydrogens is 423 g/mol. The Morgan fingerprint density at radius 3 is 2.58 bits per heavy atom. The van der Waals surface area contributed by atoms with Crippen LogP contribution in [-0.4, -0.2) is 44.0 Å². The van der Waals surface area contributed by atoms with Gasteiger partial charge < -0.3 is 4.90 Å². The molecule has 1 aliphatic rings. The van der Waals surface area contributed by atoms with Gasteiger partial charge in [0.05, 0.1) is 30.7 Å². The fourth-order valence-corrected chi connectivity index (χ4v) is 3.45. The molecule has 1 aliphatic heterocycles. The van der Waals surface area contributed by atoms with Crippen molar-refractivity contribution in [3.63, 3.8) is 0 Å². The Hall–Kier alpha value is -3.07. The van der Waals surface area contributed by atoms with Gasteiger partial charge in [-0.3, -0.25) is 9.59 Å². The molecule has 0 bridgehead atoms. The number of carbonyl (C=O) groups is 2. The molecule has 0 spiro atoms. The number of carbonyl (C=O) groups excluding carboxylic acids is 2. The smallest absolute Gasteiger partial charge is 0.235 e. The molecule has 3 aromatic rings. The second kappa shape index (κ2) is 11.4. The van der Waals surface area contributed by atoms with Crippen LogP contribution in [0, 0.1) is 5.82 Å². The van der Waals surface area contributed by atoms with E-state index in [0.29, 0.717) is 55.6 Å². The average molecular weight is 449 g/mol. The summed E-state index contributed by atoms with van der Waals surface area (Å²) in [5.74, 6) is -0.454. The van der Waals surface area contributed by atoms with Crippen LogP contribution >= 0.6 is 11.6 Å². The van der Waals surface area contributed by atoms with Gasteiger partial charge in [0.2, 0.25) is 6.41 Å². The maximum Gasteiger partial charge on any atom is 0.235 e. The minimum absolute atomic E-state index is 0.253. The Morgan fingerprint density at radius 1 is 1.19 bits per heavy atom. The van der Waals surface area contributed by atoms with Gasteiger partial charge >= 0.3 is 0 Å². The Labute approximate surface area is 185 Å². The van der Waals surface area contributed by atoms with Crippen molar-refractivity contribution in [3.8, 4) is 0 Å². The summed E-state index contributed by atoms with van der Waals surface area (Å²) in [6.07, 6.45) is 3.38. The van der Waals surface area contributed by atoms with Crippen LogP contribution in [-0.2, 0) is 24.3 Å². The number of fused-ring (bicyclic) bond motifs is 1. The van der Waals surface area contributed by atoms with Crippen molar-refractivity contribution in [2.75, 3.05) is 11.4 Å². The molecule has 10 heteroatoms. The first-order valence-corrected chi connectivity index (χ1v) is 10.6. The molecule has 3 heterocycles. The first-order valence-electron chi connectivity index (χ1n) is 10.2. The molecule has 2 aromatic heterocycles. The van der Waals surface area contributed by atoms with Crippen molar-refractivity contribution in [2.24, 2.45) is 0 Å². The third-order valence-corrected chi connectivity index (χ3v) is 4.96. The van der Waals surface area contributed by atoms with Crippen LogP contribution < -0.4 is 4.90 Å². The topological polar surface area (TPSA) is 85.9 Å². The summed E-state index contributed by atoms with van der Waals surface area (Å²) in [7, 11) is 0. The summed E-state index contributed by atoms with van der Waals surface area (Å²) in [6.45, 7) is 9.46. The van der Waals surface area contributed by atoms with Crippen molar-refractivity contribution >= 4 is 30.0 Å². The summed E-state index contributed by atoms with van der Waals surface area (Å²) in [4.78, 5) is 24.1. The van der Waals surface area contributed by atoms with E-state index in [2.05, 4.69) is 15.4 Å². The molecule has 0 saturated heterocycles. The molecule has 31 heavy (non-hydrogen) atoms. The van der Waals surface area contributed by atoms with Gasteiger partial charge in [-0.05, 0) is 17.7 Å². The van der Waals surface area contributed by atoms with Crippen molar-refractivity contribution in [3.05, 3.63) is 57.9 Å². The highest BCUT2D eigenvalue weighted by Gasteiger charge is 2.25. The molecule has 0 saturated carbocycles. The number of aromatic nitrogens is 5. The zero-order chi connectivity index (χ0) is 23.0. The van der Waals surface area contributed by atoms with E-state index in [9.17, 15) is 14.0 Å². The van der Waals surface area contributed by atoms with E-state index < -0.39 is 5.82 Å². The predicted molar refractivity (Wildman–Crippen MR) is 118 cm³/mol. The van der Waals surface area contributed by atoms with Crippen LogP contribution in [0.1, 0.15) is 55.0 Å². The largest absolute Gasteiger partial charge is 0.361 e. The molecule has 0 N–H and O–H groups in total. The number of rotatable bonds is 5. The Bertz CT molecular complexity index is 1030. The molecule has 0 amide bonds. The maximum atomic E-state index is 13.3. The minimum Gasteiger partial charge on any atom is -0.361 e. The minimum atomic E-state index is -0.454. The first kappa shape index (κ1) is 24.2. The second-order valence-corrected chi connectivity index (χ2v) is 6.50. The lowest BCUT2D eigenvalue weighted by Gasteiger charge is -2.27. The zero-order valence-electron chi connectivity index (χ0n) is 18.0. The lowest BCUT2D eigenvalue weighted by molar-refractivity contribution is 0.112. The summed E-state index contributed by atoms with van der Waals surface area (Å²) in [5.41, 5.74) is 3.37. The summed E-state index contributed by atoms with van der Waals surface area (Å²) in [6, 6.07) is 4.11. The van der Waals surface area contributed by atoms with Crippen molar-refractivity contribution in [2.45, 2.75) is 47.2 Å². The second-order valence-electron chi connectivity index (χ2n) is 6.14. The van der Waals surface area contributed by atoms with Gasteiger partial charge in [0, 0.05) is 18.5 Å². The number of aldehydes is 1. The van der Waals surface area contributed by atoms with Gasteiger partial charge in [0.15, 0.2) is 11.4 Å². The third-order valence-electron chi connectivity index (χ3n) is 4.59. The fraction of sp³-hybridized carbons (Fsp3) is 0.381. The van der Waals surface area contributed by atoms with Crippen LogP contribution in [0.3, 0.4) is 0 Å². The molecular formula is C21H26ClFN6O2. The summed E-state index contributed by atoms with van der Waals surface area (Å²) < 4.78 is 16.1. The highest BCUT2D eigenvalue weighted by Crippen LogP contribution is 2.29. The molecule has 8 nitrogen and oxygen atoms in total. The number of anilines is 1. The molecule has 0 aliphatic carbocycles. The Balaban J connectivity index is 0.000000807. The van der Waals surface area contributed by atoms with Gasteiger partial charge in [-0.2, -0.15) is 9.78 Å². The van der Waals surface area contributed by atoms with Crippen molar-refractivity contribution < 1.29 is 14.0 Å². The van der Waals surface area contributed by atoms with Crippen molar-refractivity contribution in [1.29, 1.82) is 0 Å². The molecule has 4 rings (SSSR count). The number of nitrogens with zero attached hydrogens (tertiary/aromatic N) is 6. The van der Waals surface area contributed by atoms with Gasteiger partial charge in [-0.15, -0.1) is 5.10 Å². The highest BCUT2D eigenvalue weighted by molar-refractivity contribution is 6.32. The molecule has 0 unspecified atom stereocenters. The molecule has 0 radical (unpaired) electrons. The van der Waals surface area contributed by atoms with Gasteiger partial charge in [0.25, 0.3) is 0 Å². The number of hydrogen-bond acceptors (Lipinski definition) is 6. The Morgan fingerprint density at radius 2 is 1.94 bits per heavy atom. The van der Waals surface area contributed by atoms with Crippen LogP contribution in [0.2, 0.25) is 5.15 Å². The zero-order valence-corrected chi connectivity index (χ0v) is 18.8. The lowest BCUT2D eigenvalue weighted by atomic mass is 10.1. The monoisotopic (exact) mass is 448 g/mol. The van der Waals surface area contributed by atoms with E-state index in [1.807, 2.05) is 32.6 Å². The number of halogens is 2. The van der Waals surface area contributed by atoms with E-state index in [-0.39, 0.29) is 5.15 Å². The number of hydrogen-bond donors (Lipinski definition) is 0. The van der Waals surface area contributed by atoms with E-state index >= 15 is 0 Å². The van der Waals surface area contributed by atoms with Gasteiger partial charge in [-0.25, -0.2) is 9.07 Å². The third kappa shape index (κ3) is 5.16. The van der Waals surface area contributed by atoms with E-state index in [4.69, 9.17) is 11.6 Å². The quantitative estimate of drug-likeness (QED) is 0.552. The van der Waals surface area contributed by atoms with E-state index in [0.717, 1.165) is 16.1 Å². The SMILES string of the molecule is CC.CC.O=Cc1cc(F)ccc1Cn1nnc2c1CCN(c1cnn(C=O)c1Cl)C2. The van der Waals surface area contributed by atoms with Gasteiger partial charge in [0.1, 0.15) is 11.5 Å². The number of benzene rings is 1. The lowest BCUT2D eigenvalue weighted by Crippen LogP contribution is -2.31. The normalized spacial score (nSPS) is 12.1.